The quantitative estimate of drug-likeness (QED) is 0.715. The lowest BCUT2D eigenvalue weighted by Gasteiger charge is -1.96. The number of fused-ring (bicyclic) bond motifs is 1. The fourth-order valence-corrected chi connectivity index (χ4v) is 1.81. The number of benzene rings is 1. The van der Waals surface area contributed by atoms with Crippen LogP contribution in [0, 0.1) is 0 Å². The highest BCUT2D eigenvalue weighted by molar-refractivity contribution is 6.33. The Labute approximate surface area is 102 Å². The molecule has 0 radical (unpaired) electrons. The minimum absolute atomic E-state index is 0.448. The van der Waals surface area contributed by atoms with Crippen molar-refractivity contribution >= 4 is 28.5 Å². The van der Waals surface area contributed by atoms with Crippen molar-refractivity contribution in [2.24, 2.45) is 0 Å². The Balaban J connectivity index is 2.22. The van der Waals surface area contributed by atoms with Crippen molar-refractivity contribution < 1.29 is 4.42 Å². The largest absolute Gasteiger partial charge is 0.418 e. The first-order valence-electron chi connectivity index (χ1n) is 5.01. The van der Waals surface area contributed by atoms with Crippen molar-refractivity contribution in [2.75, 3.05) is 5.73 Å². The molecule has 4 nitrogen and oxygen atoms in total. The van der Waals surface area contributed by atoms with E-state index in [1.165, 1.54) is 6.20 Å². The van der Waals surface area contributed by atoms with Gasteiger partial charge in [0.05, 0.1) is 22.5 Å². The van der Waals surface area contributed by atoms with E-state index in [1.807, 2.05) is 18.2 Å². The van der Waals surface area contributed by atoms with Gasteiger partial charge in [-0.15, -0.1) is 0 Å². The fourth-order valence-electron chi connectivity index (χ4n) is 1.59. The highest BCUT2D eigenvalue weighted by atomic mass is 35.5. The third kappa shape index (κ3) is 1.72. The van der Waals surface area contributed by atoms with Crippen LogP contribution in [-0.4, -0.2) is 9.97 Å². The molecule has 0 aliphatic carbocycles. The first kappa shape index (κ1) is 10.1. The predicted molar refractivity (Wildman–Crippen MR) is 66.7 cm³/mol. The summed E-state index contributed by atoms with van der Waals surface area (Å²) in [6.07, 6.45) is 1.53. The minimum Gasteiger partial charge on any atom is -0.418 e. The summed E-state index contributed by atoms with van der Waals surface area (Å²) in [7, 11) is 0. The Kier molecular flexibility index (Phi) is 2.23. The van der Waals surface area contributed by atoms with E-state index in [0.717, 1.165) is 5.56 Å². The van der Waals surface area contributed by atoms with Gasteiger partial charge in [0, 0.05) is 0 Å². The average molecular weight is 246 g/mol. The lowest BCUT2D eigenvalue weighted by Crippen LogP contribution is -1.85. The normalized spacial score (nSPS) is 10.9. The molecule has 0 aliphatic heterocycles. The second kappa shape index (κ2) is 3.75. The summed E-state index contributed by atoms with van der Waals surface area (Å²) in [6.45, 7) is 0. The molecule has 1 aromatic carbocycles. The van der Waals surface area contributed by atoms with Gasteiger partial charge in [-0.2, -0.15) is 0 Å². The molecule has 0 amide bonds. The van der Waals surface area contributed by atoms with E-state index < -0.39 is 0 Å². The Morgan fingerprint density at radius 2 is 2.06 bits per heavy atom. The summed E-state index contributed by atoms with van der Waals surface area (Å²) < 4.78 is 5.53. The molecule has 17 heavy (non-hydrogen) atoms. The molecule has 2 N–H and O–H groups in total. The monoisotopic (exact) mass is 245 g/mol. The molecular weight excluding hydrogens is 238 g/mol. The van der Waals surface area contributed by atoms with Gasteiger partial charge in [0.1, 0.15) is 5.52 Å². The molecule has 3 aromatic rings. The van der Waals surface area contributed by atoms with Crippen molar-refractivity contribution in [3.63, 3.8) is 0 Å². The van der Waals surface area contributed by atoms with Crippen LogP contribution in [0.4, 0.5) is 5.69 Å². The van der Waals surface area contributed by atoms with E-state index in [9.17, 15) is 0 Å². The first-order chi connectivity index (χ1) is 8.24. The van der Waals surface area contributed by atoms with Crippen LogP contribution in [0.2, 0.25) is 5.02 Å². The average Bonchev–Trinajstić information content (AvgIpc) is 2.72. The Bertz CT molecular complexity index is 693. The number of hydrogen-bond donors (Lipinski definition) is 1. The Hall–Kier alpha value is -2.07. The van der Waals surface area contributed by atoms with E-state index in [2.05, 4.69) is 9.97 Å². The third-order valence-corrected chi connectivity index (χ3v) is 2.70. The van der Waals surface area contributed by atoms with E-state index in [-0.39, 0.29) is 0 Å². The van der Waals surface area contributed by atoms with Crippen LogP contribution in [-0.2, 0) is 0 Å². The number of hydrogen-bond acceptors (Lipinski definition) is 4. The van der Waals surface area contributed by atoms with Crippen LogP contribution >= 0.6 is 11.6 Å². The smallest absolute Gasteiger partial charge is 0.247 e. The van der Waals surface area contributed by atoms with E-state index in [1.54, 1.807) is 12.1 Å². The number of nitrogens with two attached hydrogens (primary N) is 1. The molecule has 0 atom stereocenters. The molecule has 0 fully saturated rings. The van der Waals surface area contributed by atoms with Gasteiger partial charge in [-0.3, -0.25) is 0 Å². The van der Waals surface area contributed by atoms with Crippen molar-refractivity contribution in [2.45, 2.75) is 0 Å². The molecule has 0 bridgehead atoms. The topological polar surface area (TPSA) is 64.9 Å². The zero-order valence-electron chi connectivity index (χ0n) is 8.72. The first-order valence-corrected chi connectivity index (χ1v) is 5.39. The van der Waals surface area contributed by atoms with Crippen molar-refractivity contribution in [1.82, 2.24) is 9.97 Å². The van der Waals surface area contributed by atoms with Gasteiger partial charge in [0.15, 0.2) is 0 Å². The van der Waals surface area contributed by atoms with Gasteiger partial charge >= 0.3 is 0 Å². The number of anilines is 1. The molecule has 3 rings (SSSR count). The molecule has 2 aromatic heterocycles. The number of nitrogens with zero attached hydrogens (tertiary/aromatic N) is 2. The standard InChI is InChI=1S/C12H8ClN3O/c13-9-4-2-1-3-8(9)11-16-10-5-7(14)6-15-12(10)17-11/h1-6H,14H2. The van der Waals surface area contributed by atoms with Gasteiger partial charge in [0.2, 0.25) is 11.6 Å². The SMILES string of the molecule is Nc1cnc2oc(-c3ccccc3Cl)nc2c1. The third-order valence-electron chi connectivity index (χ3n) is 2.37. The summed E-state index contributed by atoms with van der Waals surface area (Å²) in [5.41, 5.74) is 8.00. The summed E-state index contributed by atoms with van der Waals surface area (Å²) in [6, 6.07) is 9.07. The van der Waals surface area contributed by atoms with Gasteiger partial charge in [-0.05, 0) is 18.2 Å². The number of oxazole rings is 1. The van der Waals surface area contributed by atoms with Crippen LogP contribution in [0.5, 0.6) is 0 Å². The number of pyridine rings is 1. The molecule has 0 unspecified atom stereocenters. The molecule has 5 heteroatoms. The summed E-state index contributed by atoms with van der Waals surface area (Å²) in [4.78, 5) is 8.37. The molecule has 2 heterocycles. The molecule has 0 saturated heterocycles. The van der Waals surface area contributed by atoms with E-state index >= 15 is 0 Å². The lowest BCUT2D eigenvalue weighted by molar-refractivity contribution is 0.608. The highest BCUT2D eigenvalue weighted by Gasteiger charge is 2.11. The highest BCUT2D eigenvalue weighted by Crippen LogP contribution is 2.29. The lowest BCUT2D eigenvalue weighted by atomic mass is 10.2. The maximum absolute atomic E-state index is 6.07. The second-order valence-corrected chi connectivity index (χ2v) is 4.00. The number of nitrogen functional groups attached to an aromatic ring is 1. The number of halogens is 1. The summed E-state index contributed by atoms with van der Waals surface area (Å²) in [5.74, 6) is 0.448. The molecule has 84 valence electrons. The zero-order chi connectivity index (χ0) is 11.8. The Morgan fingerprint density at radius 1 is 1.24 bits per heavy atom. The van der Waals surface area contributed by atoms with Crippen molar-refractivity contribution in [3.05, 3.63) is 41.6 Å². The van der Waals surface area contributed by atoms with E-state index in [4.69, 9.17) is 21.8 Å². The molecule has 0 spiro atoms. The maximum atomic E-state index is 6.07. The van der Waals surface area contributed by atoms with E-state index in [0.29, 0.717) is 27.8 Å². The minimum atomic E-state index is 0.448. The van der Waals surface area contributed by atoms with Gasteiger partial charge < -0.3 is 10.2 Å². The number of aromatic nitrogens is 2. The summed E-state index contributed by atoms with van der Waals surface area (Å²) >= 11 is 6.07. The van der Waals surface area contributed by atoms with Crippen LogP contribution in [0.1, 0.15) is 0 Å². The summed E-state index contributed by atoms with van der Waals surface area (Å²) in [5, 5.41) is 0.590. The molecule has 0 aliphatic rings. The maximum Gasteiger partial charge on any atom is 0.247 e. The molecular formula is C12H8ClN3O. The zero-order valence-corrected chi connectivity index (χ0v) is 9.48. The second-order valence-electron chi connectivity index (χ2n) is 3.59. The van der Waals surface area contributed by atoms with Gasteiger partial charge in [0.25, 0.3) is 0 Å². The van der Waals surface area contributed by atoms with Crippen LogP contribution < -0.4 is 5.73 Å². The van der Waals surface area contributed by atoms with Gasteiger partial charge in [-0.1, -0.05) is 23.7 Å². The van der Waals surface area contributed by atoms with Crippen LogP contribution in [0.25, 0.3) is 22.7 Å². The predicted octanol–water partition coefficient (Wildman–Crippen LogP) is 3.13. The molecule has 0 saturated carbocycles. The van der Waals surface area contributed by atoms with Gasteiger partial charge in [-0.25, -0.2) is 9.97 Å². The fraction of sp³-hybridized carbons (Fsp3) is 0. The van der Waals surface area contributed by atoms with Crippen molar-refractivity contribution in [3.8, 4) is 11.5 Å². The van der Waals surface area contributed by atoms with Crippen LogP contribution in [0.3, 0.4) is 0 Å². The van der Waals surface area contributed by atoms with Crippen LogP contribution in [0.15, 0.2) is 40.9 Å². The van der Waals surface area contributed by atoms with Crippen molar-refractivity contribution in [1.29, 1.82) is 0 Å². The Morgan fingerprint density at radius 3 is 2.88 bits per heavy atom. The number of rotatable bonds is 1.